The van der Waals surface area contributed by atoms with E-state index in [4.69, 9.17) is 4.74 Å². The van der Waals surface area contributed by atoms with Crippen molar-refractivity contribution in [1.29, 1.82) is 0 Å². The molecular weight excluding hydrogens is 276 g/mol. The Labute approximate surface area is 134 Å². The number of aryl methyl sites for hydroxylation is 1. The van der Waals surface area contributed by atoms with Gasteiger partial charge in [0.2, 0.25) is 0 Å². The number of hydrogen-bond donors (Lipinski definition) is 1. The van der Waals surface area contributed by atoms with Gasteiger partial charge in [-0.1, -0.05) is 34.6 Å². The minimum Gasteiger partial charge on any atom is -0.507 e. The number of rotatable bonds is 4. The van der Waals surface area contributed by atoms with Crippen LogP contribution in [0.3, 0.4) is 0 Å². The van der Waals surface area contributed by atoms with E-state index in [9.17, 15) is 9.90 Å². The monoisotopic (exact) mass is 306 g/mol. The standard InChI is InChI=1S/C19H30O3/c1-11(2)15(10-19(6,7)8)18(21)22-16-9-12(3)17(20)14(5)13(16)4/h9,11,15,20H,10H2,1-8H3. The van der Waals surface area contributed by atoms with Crippen molar-refractivity contribution in [1.82, 2.24) is 0 Å². The van der Waals surface area contributed by atoms with Gasteiger partial charge in [-0.15, -0.1) is 0 Å². The molecule has 1 atom stereocenters. The van der Waals surface area contributed by atoms with E-state index in [1.807, 2.05) is 20.8 Å². The SMILES string of the molecule is Cc1cc(OC(=O)C(CC(C)(C)C)C(C)C)c(C)c(C)c1O. The smallest absolute Gasteiger partial charge is 0.314 e. The van der Waals surface area contributed by atoms with Crippen LogP contribution < -0.4 is 4.74 Å². The minimum absolute atomic E-state index is 0.0732. The van der Waals surface area contributed by atoms with Crippen molar-refractivity contribution < 1.29 is 14.6 Å². The lowest BCUT2D eigenvalue weighted by atomic mass is 9.80. The predicted octanol–water partition coefficient (Wildman–Crippen LogP) is 4.93. The van der Waals surface area contributed by atoms with Crippen LogP contribution in [0.1, 0.15) is 57.7 Å². The fourth-order valence-corrected chi connectivity index (χ4v) is 2.57. The summed E-state index contributed by atoms with van der Waals surface area (Å²) in [4.78, 5) is 12.6. The lowest BCUT2D eigenvalue weighted by molar-refractivity contribution is -0.141. The Morgan fingerprint density at radius 3 is 2.18 bits per heavy atom. The van der Waals surface area contributed by atoms with Crippen molar-refractivity contribution in [2.75, 3.05) is 0 Å². The summed E-state index contributed by atoms with van der Waals surface area (Å²) in [5, 5.41) is 9.96. The third-order valence-electron chi connectivity index (χ3n) is 4.16. The average Bonchev–Trinajstić information content (AvgIpc) is 2.38. The molecule has 0 heterocycles. The van der Waals surface area contributed by atoms with Gasteiger partial charge in [-0.3, -0.25) is 4.79 Å². The van der Waals surface area contributed by atoms with Gasteiger partial charge in [0.1, 0.15) is 11.5 Å². The molecule has 1 unspecified atom stereocenters. The topological polar surface area (TPSA) is 46.5 Å². The van der Waals surface area contributed by atoms with Gasteiger partial charge in [0.05, 0.1) is 5.92 Å². The van der Waals surface area contributed by atoms with E-state index in [-0.39, 0.29) is 29.0 Å². The Balaban J connectivity index is 3.05. The van der Waals surface area contributed by atoms with Crippen LogP contribution in [0.5, 0.6) is 11.5 Å². The number of ether oxygens (including phenoxy) is 1. The fraction of sp³-hybridized carbons (Fsp3) is 0.632. The number of phenols is 1. The van der Waals surface area contributed by atoms with Gasteiger partial charge in [0, 0.05) is 0 Å². The summed E-state index contributed by atoms with van der Waals surface area (Å²) >= 11 is 0. The first kappa shape index (κ1) is 18.5. The molecule has 0 spiro atoms. The molecule has 124 valence electrons. The van der Waals surface area contributed by atoms with E-state index in [1.54, 1.807) is 6.07 Å². The molecule has 0 amide bonds. The van der Waals surface area contributed by atoms with Gasteiger partial charge >= 0.3 is 5.97 Å². The second kappa shape index (κ2) is 6.72. The van der Waals surface area contributed by atoms with Crippen LogP contribution in [-0.4, -0.2) is 11.1 Å². The van der Waals surface area contributed by atoms with Gasteiger partial charge in [-0.05, 0) is 61.3 Å². The van der Waals surface area contributed by atoms with Crippen molar-refractivity contribution in [3.8, 4) is 11.5 Å². The molecular formula is C19H30O3. The van der Waals surface area contributed by atoms with Gasteiger partial charge in [0.25, 0.3) is 0 Å². The number of carbonyl (C=O) groups is 1. The average molecular weight is 306 g/mol. The third kappa shape index (κ3) is 4.49. The van der Waals surface area contributed by atoms with Crippen molar-refractivity contribution in [2.45, 2.75) is 61.8 Å². The summed E-state index contributed by atoms with van der Waals surface area (Å²) < 4.78 is 5.68. The van der Waals surface area contributed by atoms with E-state index >= 15 is 0 Å². The molecule has 1 aromatic rings. The maximum Gasteiger partial charge on any atom is 0.314 e. The Morgan fingerprint density at radius 2 is 1.73 bits per heavy atom. The van der Waals surface area contributed by atoms with E-state index in [0.717, 1.165) is 23.1 Å². The first-order valence-electron chi connectivity index (χ1n) is 7.95. The molecule has 0 saturated carbocycles. The molecule has 0 aromatic heterocycles. The van der Waals surface area contributed by atoms with Crippen LogP contribution in [0.2, 0.25) is 0 Å². The highest BCUT2D eigenvalue weighted by Gasteiger charge is 2.29. The Kier molecular flexibility index (Phi) is 5.66. The number of esters is 1. The van der Waals surface area contributed by atoms with E-state index in [0.29, 0.717) is 5.75 Å². The maximum atomic E-state index is 12.6. The van der Waals surface area contributed by atoms with E-state index in [1.165, 1.54) is 0 Å². The summed E-state index contributed by atoms with van der Waals surface area (Å²) in [7, 11) is 0. The van der Waals surface area contributed by atoms with Crippen LogP contribution in [0.25, 0.3) is 0 Å². The van der Waals surface area contributed by atoms with Crippen molar-refractivity contribution in [3.05, 3.63) is 22.8 Å². The predicted molar refractivity (Wildman–Crippen MR) is 90.4 cm³/mol. The second-order valence-electron chi connectivity index (χ2n) is 7.83. The van der Waals surface area contributed by atoms with Gasteiger partial charge in [-0.2, -0.15) is 0 Å². The van der Waals surface area contributed by atoms with Crippen LogP contribution >= 0.6 is 0 Å². The molecule has 3 heteroatoms. The molecule has 0 aliphatic heterocycles. The number of benzene rings is 1. The molecule has 0 saturated heterocycles. The maximum absolute atomic E-state index is 12.6. The zero-order valence-electron chi connectivity index (χ0n) is 15.2. The summed E-state index contributed by atoms with van der Waals surface area (Å²) in [6.07, 6.45) is 0.790. The Bertz CT molecular complexity index is 551. The van der Waals surface area contributed by atoms with Crippen LogP contribution in [0.15, 0.2) is 6.07 Å². The number of aromatic hydroxyl groups is 1. The van der Waals surface area contributed by atoms with Crippen LogP contribution in [0.4, 0.5) is 0 Å². The summed E-state index contributed by atoms with van der Waals surface area (Å²) in [6.45, 7) is 16.0. The lowest BCUT2D eigenvalue weighted by Gasteiger charge is -2.27. The van der Waals surface area contributed by atoms with Gasteiger partial charge < -0.3 is 9.84 Å². The molecule has 0 aliphatic carbocycles. The molecule has 0 aliphatic rings. The van der Waals surface area contributed by atoms with Crippen molar-refractivity contribution in [2.24, 2.45) is 17.3 Å². The van der Waals surface area contributed by atoms with Crippen molar-refractivity contribution >= 4 is 5.97 Å². The highest BCUT2D eigenvalue weighted by atomic mass is 16.5. The molecule has 1 aromatic carbocycles. The first-order chi connectivity index (χ1) is 9.94. The summed E-state index contributed by atoms with van der Waals surface area (Å²) in [6, 6.07) is 1.74. The second-order valence-corrected chi connectivity index (χ2v) is 7.83. The molecule has 0 bridgehead atoms. The molecule has 1 N–H and O–H groups in total. The summed E-state index contributed by atoms with van der Waals surface area (Å²) in [5.74, 6) is 0.738. The largest absolute Gasteiger partial charge is 0.507 e. The number of hydrogen-bond acceptors (Lipinski definition) is 3. The fourth-order valence-electron chi connectivity index (χ4n) is 2.57. The van der Waals surface area contributed by atoms with E-state index < -0.39 is 0 Å². The summed E-state index contributed by atoms with van der Waals surface area (Å²) in [5.41, 5.74) is 2.38. The van der Waals surface area contributed by atoms with Crippen LogP contribution in [0, 0.1) is 38.0 Å². The number of phenolic OH excluding ortho intramolecular Hbond substituents is 1. The van der Waals surface area contributed by atoms with E-state index in [2.05, 4.69) is 34.6 Å². The zero-order valence-corrected chi connectivity index (χ0v) is 15.2. The van der Waals surface area contributed by atoms with Gasteiger partial charge in [0.15, 0.2) is 0 Å². The minimum atomic E-state index is -0.183. The van der Waals surface area contributed by atoms with Gasteiger partial charge in [-0.25, -0.2) is 0 Å². The molecule has 22 heavy (non-hydrogen) atoms. The highest BCUT2D eigenvalue weighted by Crippen LogP contribution is 2.34. The zero-order chi connectivity index (χ0) is 17.2. The Morgan fingerprint density at radius 1 is 1.18 bits per heavy atom. The molecule has 3 nitrogen and oxygen atoms in total. The normalized spacial score (nSPS) is 13.3. The molecule has 1 rings (SSSR count). The molecule has 0 radical (unpaired) electrons. The number of carbonyl (C=O) groups excluding carboxylic acids is 1. The first-order valence-corrected chi connectivity index (χ1v) is 7.95. The highest BCUT2D eigenvalue weighted by molar-refractivity contribution is 5.76. The molecule has 0 fully saturated rings. The third-order valence-corrected chi connectivity index (χ3v) is 4.16. The lowest BCUT2D eigenvalue weighted by Crippen LogP contribution is -2.29. The van der Waals surface area contributed by atoms with Crippen molar-refractivity contribution in [3.63, 3.8) is 0 Å². The quantitative estimate of drug-likeness (QED) is 0.633. The van der Waals surface area contributed by atoms with Crippen LogP contribution in [-0.2, 0) is 4.79 Å². The Hall–Kier alpha value is -1.51.